The second-order valence-corrected chi connectivity index (χ2v) is 6.29. The molecule has 2 heterocycles. The van der Waals surface area contributed by atoms with Gasteiger partial charge >= 0.3 is 0 Å². The van der Waals surface area contributed by atoms with E-state index in [0.29, 0.717) is 6.04 Å². The smallest absolute Gasteiger partial charge is 0.107 e. The highest BCUT2D eigenvalue weighted by Gasteiger charge is 2.07. The lowest BCUT2D eigenvalue weighted by atomic mass is 10.0. The number of nitrogens with one attached hydrogen (secondary N) is 1. The van der Waals surface area contributed by atoms with Gasteiger partial charge in [0.15, 0.2) is 0 Å². The summed E-state index contributed by atoms with van der Waals surface area (Å²) >= 11 is 1.71. The Labute approximate surface area is 135 Å². The molecule has 0 fully saturated rings. The Bertz CT molecular complexity index is 720. The third-order valence-corrected chi connectivity index (χ3v) is 4.60. The first-order valence-corrected chi connectivity index (χ1v) is 8.25. The number of pyridine rings is 1. The molecule has 3 rings (SSSR count). The fraction of sp³-hybridized carbons (Fsp3) is 0.222. The maximum atomic E-state index is 4.48. The van der Waals surface area contributed by atoms with E-state index in [1.54, 1.807) is 17.5 Å². The molecule has 0 radical (unpaired) electrons. The van der Waals surface area contributed by atoms with Crippen LogP contribution in [0.1, 0.15) is 29.2 Å². The molecule has 0 saturated carbocycles. The van der Waals surface area contributed by atoms with Crippen molar-refractivity contribution in [1.82, 2.24) is 15.3 Å². The van der Waals surface area contributed by atoms with E-state index in [1.165, 1.54) is 11.1 Å². The SMILES string of the molecule is Cc1csc(CNC(C)c2ccc(-c3cccnc3)cc2)n1. The average Bonchev–Trinajstić information content (AvgIpc) is 2.99. The summed E-state index contributed by atoms with van der Waals surface area (Å²) in [5.74, 6) is 0. The molecule has 0 bridgehead atoms. The molecule has 0 spiro atoms. The van der Waals surface area contributed by atoms with Crippen molar-refractivity contribution in [3.8, 4) is 11.1 Å². The van der Waals surface area contributed by atoms with Gasteiger partial charge in [-0.2, -0.15) is 0 Å². The molecule has 0 amide bonds. The predicted molar refractivity (Wildman–Crippen MR) is 91.8 cm³/mol. The minimum absolute atomic E-state index is 0.298. The van der Waals surface area contributed by atoms with E-state index in [0.717, 1.165) is 22.8 Å². The van der Waals surface area contributed by atoms with Crippen LogP contribution in [0.4, 0.5) is 0 Å². The molecule has 0 aliphatic heterocycles. The van der Waals surface area contributed by atoms with E-state index in [4.69, 9.17) is 0 Å². The van der Waals surface area contributed by atoms with Crippen molar-refractivity contribution in [3.05, 3.63) is 70.4 Å². The van der Waals surface area contributed by atoms with Crippen molar-refractivity contribution in [2.75, 3.05) is 0 Å². The van der Waals surface area contributed by atoms with Gasteiger partial charge < -0.3 is 5.32 Å². The van der Waals surface area contributed by atoms with Crippen LogP contribution < -0.4 is 5.32 Å². The first-order chi connectivity index (χ1) is 10.7. The number of aromatic nitrogens is 2. The number of nitrogens with zero attached hydrogens (tertiary/aromatic N) is 2. The zero-order valence-electron chi connectivity index (χ0n) is 12.8. The Hall–Kier alpha value is -2.04. The van der Waals surface area contributed by atoms with E-state index >= 15 is 0 Å². The fourth-order valence-corrected chi connectivity index (χ4v) is 3.06. The average molecular weight is 309 g/mol. The third kappa shape index (κ3) is 3.59. The van der Waals surface area contributed by atoms with Crippen LogP contribution in [0.3, 0.4) is 0 Å². The maximum absolute atomic E-state index is 4.48. The number of aryl methyl sites for hydroxylation is 1. The summed E-state index contributed by atoms with van der Waals surface area (Å²) in [5, 5.41) is 6.75. The zero-order valence-corrected chi connectivity index (χ0v) is 13.6. The summed E-state index contributed by atoms with van der Waals surface area (Å²) in [5.41, 5.74) is 4.71. The normalized spacial score (nSPS) is 12.3. The summed E-state index contributed by atoms with van der Waals surface area (Å²) in [6, 6.07) is 13.0. The molecule has 1 unspecified atom stereocenters. The summed E-state index contributed by atoms with van der Waals surface area (Å²) < 4.78 is 0. The summed E-state index contributed by atoms with van der Waals surface area (Å²) in [6.07, 6.45) is 3.69. The van der Waals surface area contributed by atoms with Crippen LogP contribution in [0.15, 0.2) is 54.2 Å². The number of hydrogen-bond donors (Lipinski definition) is 1. The van der Waals surface area contributed by atoms with Crippen LogP contribution in [0.25, 0.3) is 11.1 Å². The van der Waals surface area contributed by atoms with E-state index in [1.807, 2.05) is 19.2 Å². The Morgan fingerprint density at radius 1 is 1.14 bits per heavy atom. The van der Waals surface area contributed by atoms with Gasteiger partial charge in [0.05, 0.1) is 0 Å². The van der Waals surface area contributed by atoms with Gasteiger partial charge in [-0.15, -0.1) is 11.3 Å². The van der Waals surface area contributed by atoms with Crippen LogP contribution in [0, 0.1) is 6.92 Å². The van der Waals surface area contributed by atoms with E-state index < -0.39 is 0 Å². The van der Waals surface area contributed by atoms with Crippen molar-refractivity contribution in [1.29, 1.82) is 0 Å². The number of benzene rings is 1. The van der Waals surface area contributed by atoms with Gasteiger partial charge in [-0.1, -0.05) is 30.3 Å². The molecule has 1 atom stereocenters. The first-order valence-electron chi connectivity index (χ1n) is 7.37. The number of hydrogen-bond acceptors (Lipinski definition) is 4. The van der Waals surface area contributed by atoms with Crippen molar-refractivity contribution in [2.45, 2.75) is 26.4 Å². The molecule has 1 aromatic carbocycles. The zero-order chi connectivity index (χ0) is 15.4. The lowest BCUT2D eigenvalue weighted by molar-refractivity contribution is 0.573. The lowest BCUT2D eigenvalue weighted by Crippen LogP contribution is -2.17. The quantitative estimate of drug-likeness (QED) is 0.760. The second kappa shape index (κ2) is 6.81. The van der Waals surface area contributed by atoms with Crippen molar-refractivity contribution in [2.24, 2.45) is 0 Å². The predicted octanol–water partition coefficient (Wildman–Crippen LogP) is 4.36. The molecule has 1 N–H and O–H groups in total. The van der Waals surface area contributed by atoms with Crippen molar-refractivity contribution in [3.63, 3.8) is 0 Å². The molecule has 0 saturated heterocycles. The highest BCUT2D eigenvalue weighted by molar-refractivity contribution is 7.09. The van der Waals surface area contributed by atoms with Crippen LogP contribution in [0.5, 0.6) is 0 Å². The van der Waals surface area contributed by atoms with Gasteiger partial charge in [0.2, 0.25) is 0 Å². The number of thiazole rings is 1. The highest BCUT2D eigenvalue weighted by Crippen LogP contribution is 2.21. The molecular weight excluding hydrogens is 290 g/mol. The molecule has 0 aliphatic carbocycles. The van der Waals surface area contributed by atoms with E-state index in [-0.39, 0.29) is 0 Å². The van der Waals surface area contributed by atoms with Gasteiger partial charge in [0.1, 0.15) is 5.01 Å². The third-order valence-electron chi connectivity index (χ3n) is 3.63. The summed E-state index contributed by atoms with van der Waals surface area (Å²) in [4.78, 5) is 8.64. The first kappa shape index (κ1) is 14.9. The minimum Gasteiger partial charge on any atom is -0.304 e. The van der Waals surface area contributed by atoms with E-state index in [2.05, 4.69) is 57.9 Å². The van der Waals surface area contributed by atoms with Gasteiger partial charge in [-0.05, 0) is 36.6 Å². The van der Waals surface area contributed by atoms with Gasteiger partial charge in [0, 0.05) is 36.1 Å². The topological polar surface area (TPSA) is 37.8 Å². The second-order valence-electron chi connectivity index (χ2n) is 5.35. The molecule has 3 aromatic rings. The maximum Gasteiger partial charge on any atom is 0.107 e. The Morgan fingerprint density at radius 3 is 2.59 bits per heavy atom. The van der Waals surface area contributed by atoms with Crippen molar-refractivity contribution < 1.29 is 0 Å². The standard InChI is InChI=1S/C18H19N3S/c1-13-12-22-18(21-13)11-20-14(2)15-5-7-16(8-6-15)17-4-3-9-19-10-17/h3-10,12,14,20H,11H2,1-2H3. The highest BCUT2D eigenvalue weighted by atomic mass is 32.1. The van der Waals surface area contributed by atoms with Crippen LogP contribution in [0.2, 0.25) is 0 Å². The molecule has 22 heavy (non-hydrogen) atoms. The lowest BCUT2D eigenvalue weighted by Gasteiger charge is -2.14. The Kier molecular flexibility index (Phi) is 4.61. The molecule has 4 heteroatoms. The monoisotopic (exact) mass is 309 g/mol. The van der Waals surface area contributed by atoms with Gasteiger partial charge in [-0.3, -0.25) is 4.98 Å². The van der Waals surface area contributed by atoms with Crippen LogP contribution in [-0.2, 0) is 6.54 Å². The molecule has 112 valence electrons. The molecular formula is C18H19N3S. The Morgan fingerprint density at radius 2 is 1.95 bits per heavy atom. The van der Waals surface area contributed by atoms with Gasteiger partial charge in [0.25, 0.3) is 0 Å². The Balaban J connectivity index is 1.64. The molecule has 2 aromatic heterocycles. The summed E-state index contributed by atoms with van der Waals surface area (Å²) in [6.45, 7) is 5.02. The number of rotatable bonds is 5. The molecule has 0 aliphatic rings. The van der Waals surface area contributed by atoms with E-state index in [9.17, 15) is 0 Å². The molecule has 3 nitrogen and oxygen atoms in total. The summed E-state index contributed by atoms with van der Waals surface area (Å²) in [7, 11) is 0. The van der Waals surface area contributed by atoms with Crippen LogP contribution in [-0.4, -0.2) is 9.97 Å². The van der Waals surface area contributed by atoms with Gasteiger partial charge in [-0.25, -0.2) is 4.98 Å². The van der Waals surface area contributed by atoms with Crippen LogP contribution >= 0.6 is 11.3 Å². The largest absolute Gasteiger partial charge is 0.304 e. The fourth-order valence-electron chi connectivity index (χ4n) is 2.34. The minimum atomic E-state index is 0.298. The van der Waals surface area contributed by atoms with Crippen molar-refractivity contribution >= 4 is 11.3 Å².